The highest BCUT2D eigenvalue weighted by atomic mass is 16.1. The van der Waals surface area contributed by atoms with E-state index in [9.17, 15) is 4.79 Å². The molecular formula is C17H15N5O. The fourth-order valence-corrected chi connectivity index (χ4v) is 1.98. The van der Waals surface area contributed by atoms with Crippen molar-refractivity contribution in [3.05, 3.63) is 53.2 Å². The van der Waals surface area contributed by atoms with Gasteiger partial charge in [-0.1, -0.05) is 12.1 Å². The molecule has 0 bridgehead atoms. The second-order valence-corrected chi connectivity index (χ2v) is 4.86. The van der Waals surface area contributed by atoms with E-state index in [4.69, 9.17) is 10.5 Å². The Hall–Kier alpha value is -3.38. The van der Waals surface area contributed by atoms with Crippen molar-refractivity contribution in [3.63, 3.8) is 0 Å². The molecule has 0 radical (unpaired) electrons. The summed E-state index contributed by atoms with van der Waals surface area (Å²) < 4.78 is 1.60. The maximum atomic E-state index is 12.0. The van der Waals surface area contributed by atoms with Crippen molar-refractivity contribution in [2.24, 2.45) is 0 Å². The maximum Gasteiger partial charge on any atom is 0.249 e. The Kier molecular flexibility index (Phi) is 5.27. The average Bonchev–Trinajstić information content (AvgIpc) is 2.90. The first-order valence-electron chi connectivity index (χ1n) is 7.03. The third-order valence-electron chi connectivity index (χ3n) is 3.06. The quantitative estimate of drug-likeness (QED) is 0.859. The standard InChI is InChI=1S/C17H15N5O/c1-13-11-16(22(21-13)10-2-9-18)20-17(23)8-7-14-3-5-15(12-19)6-4-14/h3-8,11H,2,10H2,1H3,(H,20,23)/b8-7+. The number of nitrogens with zero attached hydrogens (tertiary/aromatic N) is 4. The Morgan fingerprint density at radius 1 is 1.35 bits per heavy atom. The molecule has 0 aliphatic rings. The molecule has 6 nitrogen and oxygen atoms in total. The van der Waals surface area contributed by atoms with E-state index in [1.807, 2.05) is 13.0 Å². The molecule has 23 heavy (non-hydrogen) atoms. The van der Waals surface area contributed by atoms with Crippen LogP contribution in [0.4, 0.5) is 5.82 Å². The molecule has 2 aromatic rings. The third kappa shape index (κ3) is 4.55. The van der Waals surface area contributed by atoms with Gasteiger partial charge in [0.1, 0.15) is 5.82 Å². The van der Waals surface area contributed by atoms with Gasteiger partial charge in [-0.05, 0) is 30.7 Å². The Bertz CT molecular complexity index is 803. The molecule has 0 saturated carbocycles. The minimum Gasteiger partial charge on any atom is -0.307 e. The molecule has 0 aliphatic carbocycles. The Morgan fingerprint density at radius 3 is 2.74 bits per heavy atom. The van der Waals surface area contributed by atoms with Gasteiger partial charge >= 0.3 is 0 Å². The van der Waals surface area contributed by atoms with Crippen molar-refractivity contribution in [1.82, 2.24) is 9.78 Å². The number of rotatable bonds is 5. The predicted molar refractivity (Wildman–Crippen MR) is 86.0 cm³/mol. The van der Waals surface area contributed by atoms with E-state index >= 15 is 0 Å². The van der Waals surface area contributed by atoms with Crippen LogP contribution in [0.5, 0.6) is 0 Å². The fourth-order valence-electron chi connectivity index (χ4n) is 1.98. The van der Waals surface area contributed by atoms with Gasteiger partial charge in [0.05, 0.1) is 36.4 Å². The normalized spacial score (nSPS) is 10.2. The summed E-state index contributed by atoms with van der Waals surface area (Å²) in [5.41, 5.74) is 2.17. The summed E-state index contributed by atoms with van der Waals surface area (Å²) in [6, 6.07) is 12.8. The summed E-state index contributed by atoms with van der Waals surface area (Å²) in [5, 5.41) is 24.4. The molecular weight excluding hydrogens is 290 g/mol. The summed E-state index contributed by atoms with van der Waals surface area (Å²) in [5.74, 6) is 0.277. The largest absolute Gasteiger partial charge is 0.307 e. The number of aryl methyl sites for hydroxylation is 2. The third-order valence-corrected chi connectivity index (χ3v) is 3.06. The molecule has 1 aromatic heterocycles. The van der Waals surface area contributed by atoms with Crippen molar-refractivity contribution in [2.75, 3.05) is 5.32 Å². The minimum atomic E-state index is -0.285. The number of anilines is 1. The number of amides is 1. The lowest BCUT2D eigenvalue weighted by Gasteiger charge is -2.05. The van der Waals surface area contributed by atoms with Crippen LogP contribution in [0.1, 0.15) is 23.2 Å². The second-order valence-electron chi connectivity index (χ2n) is 4.86. The summed E-state index contributed by atoms with van der Waals surface area (Å²) >= 11 is 0. The van der Waals surface area contributed by atoms with E-state index in [0.29, 0.717) is 24.3 Å². The number of carbonyl (C=O) groups is 1. The topological polar surface area (TPSA) is 94.5 Å². The summed E-state index contributed by atoms with van der Waals surface area (Å²) in [6.45, 7) is 2.25. The van der Waals surface area contributed by atoms with Gasteiger partial charge in [-0.25, -0.2) is 4.68 Å². The van der Waals surface area contributed by atoms with E-state index in [2.05, 4.69) is 16.5 Å². The molecule has 1 N–H and O–H groups in total. The summed E-state index contributed by atoms with van der Waals surface area (Å²) in [6.07, 6.45) is 3.41. The molecule has 0 fully saturated rings. The zero-order valence-electron chi connectivity index (χ0n) is 12.7. The van der Waals surface area contributed by atoms with Gasteiger partial charge < -0.3 is 5.32 Å². The van der Waals surface area contributed by atoms with Crippen molar-refractivity contribution in [1.29, 1.82) is 10.5 Å². The smallest absolute Gasteiger partial charge is 0.249 e. The predicted octanol–water partition coefficient (Wildman–Crippen LogP) is 2.63. The van der Waals surface area contributed by atoms with Crippen molar-refractivity contribution in [3.8, 4) is 12.1 Å². The molecule has 1 heterocycles. The molecule has 1 aromatic carbocycles. The summed E-state index contributed by atoms with van der Waals surface area (Å²) in [4.78, 5) is 12.0. The first kappa shape index (κ1) is 16.0. The van der Waals surface area contributed by atoms with Gasteiger partial charge in [-0.3, -0.25) is 4.79 Å². The Morgan fingerprint density at radius 2 is 2.09 bits per heavy atom. The summed E-state index contributed by atoms with van der Waals surface area (Å²) in [7, 11) is 0. The van der Waals surface area contributed by atoms with Crippen molar-refractivity contribution >= 4 is 17.8 Å². The number of hydrogen-bond acceptors (Lipinski definition) is 4. The Balaban J connectivity index is 2.03. The highest BCUT2D eigenvalue weighted by molar-refractivity contribution is 6.01. The zero-order valence-corrected chi connectivity index (χ0v) is 12.7. The van der Waals surface area contributed by atoms with Gasteiger partial charge in [-0.2, -0.15) is 15.6 Å². The SMILES string of the molecule is Cc1cc(NC(=O)/C=C/c2ccc(C#N)cc2)n(CCC#N)n1. The molecule has 1 amide bonds. The van der Waals surface area contributed by atoms with Crippen LogP contribution in [0.2, 0.25) is 0 Å². The molecule has 0 atom stereocenters. The highest BCUT2D eigenvalue weighted by Gasteiger charge is 2.07. The first-order chi connectivity index (χ1) is 11.1. The monoisotopic (exact) mass is 305 g/mol. The highest BCUT2D eigenvalue weighted by Crippen LogP contribution is 2.11. The van der Waals surface area contributed by atoms with Crippen LogP contribution in [0.3, 0.4) is 0 Å². The van der Waals surface area contributed by atoms with Crippen molar-refractivity contribution in [2.45, 2.75) is 19.9 Å². The number of nitriles is 2. The molecule has 0 aliphatic heterocycles. The molecule has 0 unspecified atom stereocenters. The molecule has 0 saturated heterocycles. The van der Waals surface area contributed by atoms with Gasteiger partial charge in [0.2, 0.25) is 5.91 Å². The van der Waals surface area contributed by atoms with Gasteiger partial charge in [0.15, 0.2) is 0 Å². The number of benzene rings is 1. The van der Waals surface area contributed by atoms with E-state index < -0.39 is 0 Å². The fraction of sp³-hybridized carbons (Fsp3) is 0.176. The van der Waals surface area contributed by atoms with Crippen molar-refractivity contribution < 1.29 is 4.79 Å². The van der Waals surface area contributed by atoms with Crippen LogP contribution in [0.25, 0.3) is 6.08 Å². The van der Waals surface area contributed by atoms with E-state index in [1.54, 1.807) is 41.1 Å². The van der Waals surface area contributed by atoms with Gasteiger partial charge in [-0.15, -0.1) is 0 Å². The molecule has 2 rings (SSSR count). The first-order valence-corrected chi connectivity index (χ1v) is 7.03. The number of aromatic nitrogens is 2. The van der Waals surface area contributed by atoms with Gasteiger partial charge in [0.25, 0.3) is 0 Å². The number of nitrogens with one attached hydrogen (secondary N) is 1. The average molecular weight is 305 g/mol. The van der Waals surface area contributed by atoms with E-state index in [1.165, 1.54) is 6.08 Å². The van der Waals surface area contributed by atoms with E-state index in [0.717, 1.165) is 11.3 Å². The van der Waals surface area contributed by atoms with Crippen LogP contribution in [-0.4, -0.2) is 15.7 Å². The number of carbonyl (C=O) groups excluding carboxylic acids is 1. The van der Waals surface area contributed by atoms with Crippen LogP contribution in [-0.2, 0) is 11.3 Å². The lowest BCUT2D eigenvalue weighted by molar-refractivity contribution is -0.111. The van der Waals surface area contributed by atoms with Gasteiger partial charge in [0, 0.05) is 12.1 Å². The van der Waals surface area contributed by atoms with Crippen LogP contribution in [0.15, 0.2) is 36.4 Å². The minimum absolute atomic E-state index is 0.285. The molecule has 6 heteroatoms. The maximum absolute atomic E-state index is 12.0. The lowest BCUT2D eigenvalue weighted by atomic mass is 10.1. The lowest BCUT2D eigenvalue weighted by Crippen LogP contribution is -2.13. The van der Waals surface area contributed by atoms with Crippen LogP contribution in [0, 0.1) is 29.6 Å². The van der Waals surface area contributed by atoms with Crippen LogP contribution < -0.4 is 5.32 Å². The zero-order chi connectivity index (χ0) is 16.7. The van der Waals surface area contributed by atoms with E-state index in [-0.39, 0.29) is 5.91 Å². The molecule has 0 spiro atoms. The molecule has 114 valence electrons. The Labute approximate surface area is 134 Å². The number of hydrogen-bond donors (Lipinski definition) is 1. The van der Waals surface area contributed by atoms with Crippen LogP contribution >= 0.6 is 0 Å². The second kappa shape index (κ2) is 7.58.